The van der Waals surface area contributed by atoms with Crippen LogP contribution in [-0.2, 0) is 11.2 Å². The van der Waals surface area contributed by atoms with E-state index in [2.05, 4.69) is 15.1 Å². The Bertz CT molecular complexity index is 930. The number of amides is 1. The van der Waals surface area contributed by atoms with E-state index in [1.165, 1.54) is 0 Å². The van der Waals surface area contributed by atoms with E-state index in [0.29, 0.717) is 18.1 Å². The summed E-state index contributed by atoms with van der Waals surface area (Å²) in [7, 11) is 0. The van der Waals surface area contributed by atoms with Crippen molar-refractivity contribution < 1.29 is 14.6 Å². The highest BCUT2D eigenvalue weighted by Gasteiger charge is 2.21. The third kappa shape index (κ3) is 4.77. The zero-order chi connectivity index (χ0) is 21.1. The molecule has 1 fully saturated rings. The number of aryl methyl sites for hydroxylation is 1. The zero-order valence-electron chi connectivity index (χ0n) is 16.7. The van der Waals surface area contributed by atoms with Crippen LogP contribution in [-0.4, -0.2) is 55.2 Å². The lowest BCUT2D eigenvalue weighted by Gasteiger charge is -2.36. The van der Waals surface area contributed by atoms with Crippen LogP contribution in [0.3, 0.4) is 0 Å². The molecule has 30 heavy (non-hydrogen) atoms. The van der Waals surface area contributed by atoms with Crippen LogP contribution >= 0.6 is 23.2 Å². The lowest BCUT2D eigenvalue weighted by molar-refractivity contribution is -0.116. The molecule has 0 saturated carbocycles. The highest BCUT2D eigenvalue weighted by atomic mass is 35.5. The van der Waals surface area contributed by atoms with Crippen molar-refractivity contribution in [3.63, 3.8) is 0 Å². The molecule has 2 aromatic carbocycles. The number of aromatic hydroxyl groups is 1. The predicted octanol–water partition coefficient (Wildman–Crippen LogP) is 4.17. The molecule has 4 rings (SSSR count). The van der Waals surface area contributed by atoms with Crippen molar-refractivity contribution in [2.75, 3.05) is 49.5 Å². The molecule has 0 radical (unpaired) electrons. The first kappa shape index (κ1) is 21.1. The molecule has 0 spiro atoms. The Morgan fingerprint density at radius 3 is 2.63 bits per heavy atom. The first-order valence-electron chi connectivity index (χ1n) is 10.2. The summed E-state index contributed by atoms with van der Waals surface area (Å²) in [6, 6.07) is 9.32. The Kier molecular flexibility index (Phi) is 6.56. The summed E-state index contributed by atoms with van der Waals surface area (Å²) in [4.78, 5) is 16.2. The van der Waals surface area contributed by atoms with Crippen molar-refractivity contribution in [3.8, 4) is 11.5 Å². The average Bonchev–Trinajstić information content (AvgIpc) is 2.75. The standard InChI is InChI=1S/C22H25Cl2N3O3/c23-21-18(5-6-19(28)22(21)24)27-11-9-26(10-12-27)8-1-13-30-16-4-2-15-3-7-20(29)25-17(15)14-16/h2,4-6,14,28H,1,3,7-13H2,(H,25,29). The van der Waals surface area contributed by atoms with Gasteiger partial charge in [-0.15, -0.1) is 0 Å². The van der Waals surface area contributed by atoms with Crippen molar-refractivity contribution in [3.05, 3.63) is 45.9 Å². The van der Waals surface area contributed by atoms with E-state index < -0.39 is 0 Å². The molecule has 0 unspecified atom stereocenters. The van der Waals surface area contributed by atoms with Gasteiger partial charge >= 0.3 is 0 Å². The Morgan fingerprint density at radius 1 is 1.03 bits per heavy atom. The molecule has 2 aliphatic heterocycles. The number of halogens is 2. The highest BCUT2D eigenvalue weighted by Crippen LogP contribution is 2.38. The average molecular weight is 450 g/mol. The number of fused-ring (bicyclic) bond motifs is 1. The second-order valence-corrected chi connectivity index (χ2v) is 8.39. The first-order valence-corrected chi connectivity index (χ1v) is 11.0. The Labute approximate surface area is 186 Å². The molecule has 160 valence electrons. The predicted molar refractivity (Wildman–Crippen MR) is 120 cm³/mol. The molecule has 0 bridgehead atoms. The fourth-order valence-corrected chi connectivity index (χ4v) is 4.34. The quantitative estimate of drug-likeness (QED) is 0.647. The van der Waals surface area contributed by atoms with E-state index >= 15 is 0 Å². The molecule has 6 nitrogen and oxygen atoms in total. The fourth-order valence-electron chi connectivity index (χ4n) is 3.90. The molecular weight excluding hydrogens is 425 g/mol. The number of nitrogens with zero attached hydrogens (tertiary/aromatic N) is 2. The molecule has 0 aromatic heterocycles. The van der Waals surface area contributed by atoms with Gasteiger partial charge in [0.25, 0.3) is 0 Å². The van der Waals surface area contributed by atoms with Gasteiger partial charge in [-0.1, -0.05) is 29.3 Å². The summed E-state index contributed by atoms with van der Waals surface area (Å²) in [6.07, 6.45) is 2.26. The maximum absolute atomic E-state index is 11.6. The third-order valence-corrected chi connectivity index (χ3v) is 6.48. The number of phenols is 1. The number of phenolic OH excluding ortho intramolecular Hbond substituents is 1. The van der Waals surface area contributed by atoms with Crippen LogP contribution in [0.25, 0.3) is 0 Å². The van der Waals surface area contributed by atoms with Gasteiger partial charge in [0.05, 0.1) is 17.3 Å². The molecule has 2 heterocycles. The van der Waals surface area contributed by atoms with Crippen LogP contribution < -0.4 is 15.0 Å². The number of carbonyl (C=O) groups excluding carboxylic acids is 1. The lowest BCUT2D eigenvalue weighted by atomic mass is 10.0. The molecule has 1 saturated heterocycles. The van der Waals surface area contributed by atoms with E-state index in [1.54, 1.807) is 6.07 Å². The SMILES string of the molecule is O=C1CCc2ccc(OCCCN3CCN(c4ccc(O)c(Cl)c4Cl)CC3)cc2N1. The summed E-state index contributed by atoms with van der Waals surface area (Å²) in [5.41, 5.74) is 2.89. The van der Waals surface area contributed by atoms with Gasteiger partial charge < -0.3 is 20.1 Å². The summed E-state index contributed by atoms with van der Waals surface area (Å²) < 4.78 is 5.88. The number of hydrogen-bond donors (Lipinski definition) is 2. The lowest BCUT2D eigenvalue weighted by Crippen LogP contribution is -2.46. The van der Waals surface area contributed by atoms with Crippen LogP contribution in [0, 0.1) is 0 Å². The van der Waals surface area contributed by atoms with Gasteiger partial charge in [0.2, 0.25) is 5.91 Å². The summed E-state index contributed by atoms with van der Waals surface area (Å²) in [5, 5.41) is 13.2. The molecular formula is C22H25Cl2N3O3. The first-order chi connectivity index (χ1) is 14.5. The minimum Gasteiger partial charge on any atom is -0.506 e. The molecule has 2 aromatic rings. The normalized spacial score (nSPS) is 16.9. The van der Waals surface area contributed by atoms with Crippen molar-refractivity contribution in [2.24, 2.45) is 0 Å². The van der Waals surface area contributed by atoms with E-state index in [4.69, 9.17) is 27.9 Å². The highest BCUT2D eigenvalue weighted by molar-refractivity contribution is 6.44. The van der Waals surface area contributed by atoms with Crippen LogP contribution in [0.1, 0.15) is 18.4 Å². The van der Waals surface area contributed by atoms with Gasteiger partial charge in [0.15, 0.2) is 0 Å². The van der Waals surface area contributed by atoms with Crippen molar-refractivity contribution in [1.82, 2.24) is 4.90 Å². The number of piperazine rings is 1. The third-order valence-electron chi connectivity index (χ3n) is 5.62. The van der Waals surface area contributed by atoms with Gasteiger partial charge in [0.1, 0.15) is 16.5 Å². The van der Waals surface area contributed by atoms with Gasteiger partial charge in [-0.05, 0) is 36.6 Å². The van der Waals surface area contributed by atoms with Crippen LogP contribution in [0.4, 0.5) is 11.4 Å². The topological polar surface area (TPSA) is 65.0 Å². The Hall–Kier alpha value is -2.15. The number of rotatable bonds is 6. The van der Waals surface area contributed by atoms with Crippen LogP contribution in [0.15, 0.2) is 30.3 Å². The number of anilines is 2. The largest absolute Gasteiger partial charge is 0.506 e. The van der Waals surface area contributed by atoms with Crippen LogP contribution in [0.2, 0.25) is 10.0 Å². The summed E-state index contributed by atoms with van der Waals surface area (Å²) in [5.74, 6) is 0.861. The number of benzene rings is 2. The van der Waals surface area contributed by atoms with Gasteiger partial charge in [-0.2, -0.15) is 0 Å². The molecule has 1 amide bonds. The van der Waals surface area contributed by atoms with Gasteiger partial charge in [-0.25, -0.2) is 0 Å². The Balaban J connectivity index is 1.21. The van der Waals surface area contributed by atoms with Crippen molar-refractivity contribution in [1.29, 1.82) is 0 Å². The minimum atomic E-state index is 0.00496. The number of ether oxygens (including phenoxy) is 1. The fraction of sp³-hybridized carbons (Fsp3) is 0.409. The second kappa shape index (κ2) is 9.33. The van der Waals surface area contributed by atoms with Crippen LogP contribution in [0.5, 0.6) is 11.5 Å². The minimum absolute atomic E-state index is 0.00496. The maximum Gasteiger partial charge on any atom is 0.224 e. The van der Waals surface area contributed by atoms with Gasteiger partial charge in [-0.3, -0.25) is 9.69 Å². The summed E-state index contributed by atoms with van der Waals surface area (Å²) in [6.45, 7) is 5.16. The molecule has 0 atom stereocenters. The van der Waals surface area contributed by atoms with E-state index in [9.17, 15) is 9.90 Å². The molecule has 2 N–H and O–H groups in total. The van der Waals surface area contributed by atoms with Crippen molar-refractivity contribution >= 4 is 40.5 Å². The van der Waals surface area contributed by atoms with Crippen molar-refractivity contribution in [2.45, 2.75) is 19.3 Å². The smallest absolute Gasteiger partial charge is 0.224 e. The monoisotopic (exact) mass is 449 g/mol. The molecule has 2 aliphatic rings. The maximum atomic E-state index is 11.6. The second-order valence-electron chi connectivity index (χ2n) is 7.63. The number of hydrogen-bond acceptors (Lipinski definition) is 5. The zero-order valence-corrected chi connectivity index (χ0v) is 18.2. The number of nitrogens with one attached hydrogen (secondary N) is 1. The summed E-state index contributed by atoms with van der Waals surface area (Å²) >= 11 is 12.4. The Morgan fingerprint density at radius 2 is 1.83 bits per heavy atom. The van der Waals surface area contributed by atoms with E-state index in [0.717, 1.165) is 68.3 Å². The molecule has 8 heteroatoms. The molecule has 0 aliphatic carbocycles. The van der Waals surface area contributed by atoms with Gasteiger partial charge in [0, 0.05) is 50.9 Å². The van der Waals surface area contributed by atoms with E-state index in [-0.39, 0.29) is 16.7 Å². The number of carbonyl (C=O) groups is 1. The van der Waals surface area contributed by atoms with E-state index in [1.807, 2.05) is 24.3 Å².